The van der Waals surface area contributed by atoms with Crippen LogP contribution >= 0.6 is 0 Å². The molecule has 12 unspecified atom stereocenters. The Balaban J connectivity index is 1.68. The highest BCUT2D eigenvalue weighted by molar-refractivity contribution is 5.76. The second-order valence-corrected chi connectivity index (χ2v) is 26.0. The summed E-state index contributed by atoms with van der Waals surface area (Å²) in [6, 6.07) is -0.937. The van der Waals surface area contributed by atoms with E-state index in [0.29, 0.717) is 6.42 Å². The smallest absolute Gasteiger partial charge is 0.220 e. The number of aliphatic hydroxyl groups excluding tert-OH is 8. The van der Waals surface area contributed by atoms with Crippen LogP contribution in [0.5, 0.6) is 0 Å². The van der Waals surface area contributed by atoms with Crippen LogP contribution in [0.2, 0.25) is 0 Å². The van der Waals surface area contributed by atoms with E-state index in [0.717, 1.165) is 109 Å². The Kier molecular flexibility index (Phi) is 57.8. The number of nitrogens with one attached hydrogen (secondary N) is 1. The van der Waals surface area contributed by atoms with Crippen molar-refractivity contribution in [1.82, 2.24) is 5.32 Å². The van der Waals surface area contributed by atoms with Crippen LogP contribution in [0.4, 0.5) is 0 Å². The first-order valence-corrected chi connectivity index (χ1v) is 37.8. The first-order valence-electron chi connectivity index (χ1n) is 37.8. The number of carbonyl (C=O) groups is 1. The SMILES string of the molecule is CC/C=C\C/C=C\C/C=C\C/C=C\C/C=C\C/C=C\C/C=C\C/C=C\C/C=C\CCCCCCCC(=O)NC(COC1OC(CO)C(OC2OC(CO)C(O)C(O)C2O)C(O)C1O)C(O)/C=C/CCCCCCCCCCCCCCCCCCCCCCCCCCC. The van der Waals surface area contributed by atoms with Crippen LogP contribution in [-0.4, -0.2) is 140 Å². The van der Waals surface area contributed by atoms with Crippen molar-refractivity contribution in [3.05, 3.63) is 122 Å². The largest absolute Gasteiger partial charge is 0.394 e. The zero-order valence-electron chi connectivity index (χ0n) is 58.9. The summed E-state index contributed by atoms with van der Waals surface area (Å²) in [5.41, 5.74) is 0. The molecule has 12 atom stereocenters. The van der Waals surface area contributed by atoms with Crippen LogP contribution in [0.15, 0.2) is 122 Å². The van der Waals surface area contributed by atoms with Gasteiger partial charge in [0.2, 0.25) is 5.91 Å². The van der Waals surface area contributed by atoms with Gasteiger partial charge in [-0.15, -0.1) is 0 Å². The van der Waals surface area contributed by atoms with Crippen molar-refractivity contribution in [3.8, 4) is 0 Å². The van der Waals surface area contributed by atoms with Crippen LogP contribution in [0.25, 0.3) is 0 Å². The van der Waals surface area contributed by atoms with Gasteiger partial charge in [0.05, 0.1) is 32.0 Å². The minimum atomic E-state index is -1.80. The number of ether oxygens (including phenoxy) is 4. The molecule has 2 rings (SSSR count). The molecule has 0 aromatic carbocycles. The predicted molar refractivity (Wildman–Crippen MR) is 387 cm³/mol. The van der Waals surface area contributed by atoms with Crippen molar-refractivity contribution < 1.29 is 64.6 Å². The molecule has 540 valence electrons. The average Bonchev–Trinajstić information content (AvgIpc) is 0.794. The quantitative estimate of drug-likeness (QED) is 0.0204. The molecule has 14 nitrogen and oxygen atoms in total. The number of allylic oxidation sites excluding steroid dienone is 19. The van der Waals surface area contributed by atoms with Gasteiger partial charge in [-0.05, 0) is 89.9 Å². The fourth-order valence-corrected chi connectivity index (χ4v) is 11.7. The van der Waals surface area contributed by atoms with E-state index in [2.05, 4.69) is 129 Å². The highest BCUT2D eigenvalue weighted by Gasteiger charge is 2.51. The van der Waals surface area contributed by atoms with Gasteiger partial charge in [0.15, 0.2) is 12.6 Å². The van der Waals surface area contributed by atoms with Gasteiger partial charge in [0.25, 0.3) is 0 Å². The molecule has 9 N–H and O–H groups in total. The van der Waals surface area contributed by atoms with Gasteiger partial charge in [-0.2, -0.15) is 0 Å². The van der Waals surface area contributed by atoms with E-state index in [1.54, 1.807) is 6.08 Å². The monoisotopic (exact) mass is 1320 g/mol. The Morgan fingerprint density at radius 1 is 0.394 bits per heavy atom. The van der Waals surface area contributed by atoms with Crippen LogP contribution in [0.1, 0.15) is 284 Å². The minimum Gasteiger partial charge on any atom is -0.394 e. The van der Waals surface area contributed by atoms with E-state index >= 15 is 0 Å². The summed E-state index contributed by atoms with van der Waals surface area (Å²) in [5.74, 6) is -0.260. The molecule has 0 aliphatic carbocycles. The van der Waals surface area contributed by atoms with E-state index in [4.69, 9.17) is 18.9 Å². The number of carbonyl (C=O) groups excluding carboxylic acids is 1. The molecule has 0 aromatic heterocycles. The molecule has 2 saturated heterocycles. The van der Waals surface area contributed by atoms with Gasteiger partial charge in [0.1, 0.15) is 48.8 Å². The van der Waals surface area contributed by atoms with Gasteiger partial charge >= 0.3 is 0 Å². The maximum absolute atomic E-state index is 13.4. The molecular weight excluding hydrogens is 1180 g/mol. The summed E-state index contributed by atoms with van der Waals surface area (Å²) >= 11 is 0. The summed E-state index contributed by atoms with van der Waals surface area (Å²) in [6.07, 6.45) is 75.4. The van der Waals surface area contributed by atoms with Crippen LogP contribution in [-0.2, 0) is 23.7 Å². The number of unbranched alkanes of at least 4 members (excludes halogenated alkanes) is 30. The molecule has 2 fully saturated rings. The highest BCUT2D eigenvalue weighted by Crippen LogP contribution is 2.30. The summed E-state index contributed by atoms with van der Waals surface area (Å²) in [7, 11) is 0. The van der Waals surface area contributed by atoms with E-state index in [1.807, 2.05) is 6.08 Å². The second-order valence-electron chi connectivity index (χ2n) is 26.0. The molecule has 0 spiro atoms. The molecule has 2 aliphatic heterocycles. The van der Waals surface area contributed by atoms with E-state index in [9.17, 15) is 45.6 Å². The highest BCUT2D eigenvalue weighted by atomic mass is 16.7. The Morgan fingerprint density at radius 2 is 0.734 bits per heavy atom. The Morgan fingerprint density at radius 3 is 1.13 bits per heavy atom. The Hall–Kier alpha value is -3.61. The number of hydrogen-bond donors (Lipinski definition) is 9. The molecule has 0 saturated carbocycles. The van der Waals surface area contributed by atoms with Gasteiger partial charge in [-0.25, -0.2) is 0 Å². The maximum Gasteiger partial charge on any atom is 0.220 e. The summed E-state index contributed by atoms with van der Waals surface area (Å²) < 4.78 is 22.9. The molecule has 14 heteroatoms. The van der Waals surface area contributed by atoms with Gasteiger partial charge in [0, 0.05) is 6.42 Å². The lowest BCUT2D eigenvalue weighted by atomic mass is 9.97. The molecular formula is C80H137NO13. The van der Waals surface area contributed by atoms with E-state index < -0.39 is 86.8 Å². The van der Waals surface area contributed by atoms with Gasteiger partial charge in [-0.1, -0.05) is 309 Å². The van der Waals surface area contributed by atoms with E-state index in [-0.39, 0.29) is 18.9 Å². The molecule has 0 aromatic rings. The zero-order chi connectivity index (χ0) is 68.0. The Labute approximate surface area is 571 Å². The lowest BCUT2D eigenvalue weighted by Crippen LogP contribution is -2.65. The fourth-order valence-electron chi connectivity index (χ4n) is 11.7. The predicted octanol–water partition coefficient (Wildman–Crippen LogP) is 16.5. The first-order chi connectivity index (χ1) is 46.1. The average molecular weight is 1320 g/mol. The molecule has 1 amide bonds. The number of amides is 1. The van der Waals surface area contributed by atoms with Crippen molar-refractivity contribution in [2.24, 2.45) is 0 Å². The lowest BCUT2D eigenvalue weighted by molar-refractivity contribution is -0.359. The standard InChI is InChI=1S/C80H137NO13/c1-3-5-7-9-11-13-15-17-19-21-23-25-27-29-31-32-33-34-35-36-38-40-42-44-46-48-50-52-54-56-58-60-62-64-72(85)81-68(67-91-79-77(90)75(88)78(71(66-83)93-79)94-80-76(89)74(87)73(86)70(65-82)92-80)69(84)63-61-59-57-55-53-51-49-47-45-43-41-39-37-30-28-26-24-22-20-18-16-14-12-10-8-6-4-2/h5,7,11,13,17,19,23,25,29,31,33-34,36,38,42,44,48,50,61,63,68-71,73-80,82-84,86-90H,3-4,6,8-10,12,14-16,18,20-22,24,26-28,30,32,35,37,39-41,43,45-47,49,51-60,62,64-67H2,1-2H3,(H,81,85)/b7-5-,13-11-,19-17-,25-23-,31-29-,34-33-,38-36-,44-42-,50-48-,63-61+. The molecule has 2 aliphatic rings. The molecule has 2 heterocycles. The summed E-state index contributed by atoms with van der Waals surface area (Å²) in [4.78, 5) is 13.4. The van der Waals surface area contributed by atoms with Crippen LogP contribution in [0.3, 0.4) is 0 Å². The van der Waals surface area contributed by atoms with Crippen molar-refractivity contribution in [2.75, 3.05) is 19.8 Å². The zero-order valence-corrected chi connectivity index (χ0v) is 58.9. The second kappa shape index (κ2) is 62.9. The first kappa shape index (κ1) is 86.5. The van der Waals surface area contributed by atoms with Gasteiger partial charge < -0.3 is 65.1 Å². The molecule has 0 radical (unpaired) electrons. The van der Waals surface area contributed by atoms with Crippen LogP contribution < -0.4 is 5.32 Å². The molecule has 0 bridgehead atoms. The third kappa shape index (κ3) is 45.8. The van der Waals surface area contributed by atoms with Crippen molar-refractivity contribution >= 4 is 5.91 Å². The number of aliphatic hydroxyl groups is 8. The van der Waals surface area contributed by atoms with E-state index in [1.165, 1.54) is 148 Å². The molecule has 94 heavy (non-hydrogen) atoms. The number of rotatable bonds is 61. The minimum absolute atomic E-state index is 0.251. The normalized spacial score (nSPS) is 23.2. The van der Waals surface area contributed by atoms with Crippen molar-refractivity contribution in [1.29, 1.82) is 0 Å². The van der Waals surface area contributed by atoms with Crippen molar-refractivity contribution in [3.63, 3.8) is 0 Å². The third-order valence-electron chi connectivity index (χ3n) is 17.7. The maximum atomic E-state index is 13.4. The van der Waals surface area contributed by atoms with Gasteiger partial charge in [-0.3, -0.25) is 4.79 Å². The summed E-state index contributed by atoms with van der Waals surface area (Å²) in [5, 5.41) is 87.6. The topological polar surface area (TPSA) is 228 Å². The third-order valence-corrected chi connectivity index (χ3v) is 17.7. The Bertz CT molecular complexity index is 2040. The van der Waals surface area contributed by atoms with Crippen LogP contribution in [0, 0.1) is 0 Å². The summed E-state index contributed by atoms with van der Waals surface area (Å²) in [6.45, 7) is 2.69. The number of hydrogen-bond acceptors (Lipinski definition) is 13. The van der Waals surface area contributed by atoms with Crippen molar-refractivity contribution in [2.45, 2.75) is 357 Å². The lowest BCUT2D eigenvalue weighted by Gasteiger charge is -2.46. The fraction of sp³-hybridized carbons (Fsp3) is 0.738.